The number of aliphatic hydroxyl groups excluding tert-OH is 1. The first kappa shape index (κ1) is 23.8. The molecule has 1 unspecified atom stereocenters. The molecule has 0 spiro atoms. The molecule has 0 heterocycles. The number of carbonyl (C=O) groups excluding carboxylic acids is 2. The number of rotatable bonds is 8. The molecule has 180 valence electrons. The van der Waals surface area contributed by atoms with Crippen LogP contribution in [0.5, 0.6) is 0 Å². The number of amides is 2. The molecule has 8 nitrogen and oxygen atoms in total. The Bertz CT molecular complexity index is 1000. The normalized spacial score (nSPS) is 20.0. The van der Waals surface area contributed by atoms with Gasteiger partial charge >= 0.3 is 12.1 Å². The van der Waals surface area contributed by atoms with Gasteiger partial charge in [0.05, 0.1) is 6.10 Å². The lowest BCUT2D eigenvalue weighted by Crippen LogP contribution is -2.50. The number of hydrogen-bond donors (Lipinski definition) is 4. The smallest absolute Gasteiger partial charge is 0.407 e. The molecule has 1 fully saturated rings. The van der Waals surface area contributed by atoms with Crippen molar-refractivity contribution in [1.82, 2.24) is 10.6 Å². The van der Waals surface area contributed by atoms with E-state index < -0.39 is 24.0 Å². The molecule has 0 radical (unpaired) electrons. The van der Waals surface area contributed by atoms with Gasteiger partial charge in [0, 0.05) is 18.4 Å². The molecule has 1 atom stereocenters. The van der Waals surface area contributed by atoms with Gasteiger partial charge in [-0.1, -0.05) is 48.5 Å². The average Bonchev–Trinajstić information content (AvgIpc) is 3.15. The van der Waals surface area contributed by atoms with Crippen molar-refractivity contribution in [2.75, 3.05) is 6.61 Å². The summed E-state index contributed by atoms with van der Waals surface area (Å²) in [4.78, 5) is 36.5. The maximum atomic E-state index is 12.8. The fraction of sp³-hybridized carbons (Fsp3) is 0.423. The zero-order chi connectivity index (χ0) is 24.1. The number of hydrogen-bond acceptors (Lipinski definition) is 5. The maximum absolute atomic E-state index is 12.8. The van der Waals surface area contributed by atoms with E-state index in [1.165, 1.54) is 0 Å². The number of alkyl carbamates (subject to hydrolysis) is 1. The van der Waals surface area contributed by atoms with Crippen LogP contribution in [0.3, 0.4) is 0 Å². The van der Waals surface area contributed by atoms with Crippen LogP contribution in [-0.4, -0.2) is 53.0 Å². The van der Waals surface area contributed by atoms with Crippen LogP contribution in [0.15, 0.2) is 48.5 Å². The minimum atomic E-state index is -1.05. The molecule has 0 saturated heterocycles. The second kappa shape index (κ2) is 10.7. The molecular weight excluding hydrogens is 436 g/mol. The number of carboxylic acid groups (broad SMARTS) is 1. The van der Waals surface area contributed by atoms with Gasteiger partial charge in [0.2, 0.25) is 5.91 Å². The van der Waals surface area contributed by atoms with E-state index in [1.807, 2.05) is 48.5 Å². The van der Waals surface area contributed by atoms with Crippen molar-refractivity contribution in [3.63, 3.8) is 0 Å². The highest BCUT2D eigenvalue weighted by atomic mass is 16.5. The number of aliphatic carboxylic acids is 1. The molecule has 0 aromatic heterocycles. The Kier molecular flexibility index (Phi) is 7.47. The molecule has 4 N–H and O–H groups in total. The Morgan fingerprint density at radius 3 is 2.12 bits per heavy atom. The molecule has 8 heteroatoms. The van der Waals surface area contributed by atoms with Gasteiger partial charge in [0.15, 0.2) is 0 Å². The Hall–Kier alpha value is -3.39. The highest BCUT2D eigenvalue weighted by Gasteiger charge is 2.30. The lowest BCUT2D eigenvalue weighted by Gasteiger charge is -2.28. The average molecular weight is 467 g/mol. The summed E-state index contributed by atoms with van der Waals surface area (Å²) in [6, 6.07) is 14.9. The van der Waals surface area contributed by atoms with Gasteiger partial charge in [0.25, 0.3) is 0 Å². The quantitative estimate of drug-likeness (QED) is 0.474. The van der Waals surface area contributed by atoms with E-state index >= 15 is 0 Å². The van der Waals surface area contributed by atoms with Crippen molar-refractivity contribution >= 4 is 18.0 Å². The van der Waals surface area contributed by atoms with Crippen molar-refractivity contribution in [2.24, 2.45) is 0 Å². The van der Waals surface area contributed by atoms with E-state index in [9.17, 15) is 19.5 Å². The number of fused-ring (bicyclic) bond motifs is 3. The number of aliphatic hydroxyl groups is 1. The standard InChI is InChI=1S/C26H30N2O6/c29-17-11-9-16(10-12-17)27-25(32)23(13-14-24(30)31)28-26(33)34-15-22-20-7-3-1-5-18(20)19-6-2-4-8-21(19)22/h1-8,16-17,22-23,29H,9-15H2,(H,27,32)(H,28,33)(H,30,31). The van der Waals surface area contributed by atoms with Gasteiger partial charge in [-0.25, -0.2) is 4.79 Å². The topological polar surface area (TPSA) is 125 Å². The second-order valence-corrected chi connectivity index (χ2v) is 8.97. The third kappa shape index (κ3) is 5.56. The summed E-state index contributed by atoms with van der Waals surface area (Å²) >= 11 is 0. The van der Waals surface area contributed by atoms with Crippen LogP contribution >= 0.6 is 0 Å². The predicted octanol–water partition coefficient (Wildman–Crippen LogP) is 3.18. The van der Waals surface area contributed by atoms with Crippen molar-refractivity contribution < 1.29 is 29.3 Å². The second-order valence-electron chi connectivity index (χ2n) is 8.97. The number of carbonyl (C=O) groups is 3. The molecule has 1 saturated carbocycles. The van der Waals surface area contributed by atoms with Gasteiger partial charge in [-0.2, -0.15) is 0 Å². The van der Waals surface area contributed by atoms with Gasteiger partial charge in [-0.15, -0.1) is 0 Å². The van der Waals surface area contributed by atoms with Gasteiger partial charge in [-0.05, 0) is 54.4 Å². The van der Waals surface area contributed by atoms with Gasteiger partial charge in [0.1, 0.15) is 12.6 Å². The Morgan fingerprint density at radius 1 is 0.941 bits per heavy atom. The van der Waals surface area contributed by atoms with E-state index in [0.29, 0.717) is 25.7 Å². The van der Waals surface area contributed by atoms with Crippen LogP contribution in [0.25, 0.3) is 11.1 Å². The van der Waals surface area contributed by atoms with E-state index in [1.54, 1.807) is 0 Å². The fourth-order valence-electron chi connectivity index (χ4n) is 4.84. The number of nitrogens with one attached hydrogen (secondary N) is 2. The van der Waals surface area contributed by atoms with Gasteiger partial charge in [-0.3, -0.25) is 9.59 Å². The van der Waals surface area contributed by atoms with E-state index in [0.717, 1.165) is 22.3 Å². The Balaban J connectivity index is 1.38. The minimum Gasteiger partial charge on any atom is -0.481 e. The van der Waals surface area contributed by atoms with Crippen molar-refractivity contribution in [3.8, 4) is 11.1 Å². The molecule has 34 heavy (non-hydrogen) atoms. The zero-order valence-electron chi connectivity index (χ0n) is 18.9. The first-order valence-electron chi connectivity index (χ1n) is 11.7. The summed E-state index contributed by atoms with van der Waals surface area (Å²) < 4.78 is 5.52. The molecule has 2 aromatic carbocycles. The lowest BCUT2D eigenvalue weighted by molar-refractivity contribution is -0.137. The maximum Gasteiger partial charge on any atom is 0.407 e. The SMILES string of the molecule is O=C(O)CCC(NC(=O)OCC1c2ccccc2-c2ccccc21)C(=O)NC1CCC(O)CC1. The molecule has 2 aliphatic carbocycles. The minimum absolute atomic E-state index is 0.0410. The number of benzene rings is 2. The molecule has 0 bridgehead atoms. The first-order valence-corrected chi connectivity index (χ1v) is 11.7. The van der Waals surface area contributed by atoms with Crippen LogP contribution in [0.2, 0.25) is 0 Å². The van der Waals surface area contributed by atoms with E-state index in [4.69, 9.17) is 9.84 Å². The number of ether oxygens (including phenoxy) is 1. The van der Waals surface area contributed by atoms with E-state index in [-0.39, 0.29) is 37.5 Å². The monoisotopic (exact) mass is 466 g/mol. The van der Waals surface area contributed by atoms with E-state index in [2.05, 4.69) is 10.6 Å². The van der Waals surface area contributed by atoms with Crippen molar-refractivity contribution in [1.29, 1.82) is 0 Å². The molecule has 2 amide bonds. The Morgan fingerprint density at radius 2 is 1.53 bits per heavy atom. The van der Waals surface area contributed by atoms with Crippen LogP contribution in [0.4, 0.5) is 4.79 Å². The lowest BCUT2D eigenvalue weighted by atomic mass is 9.93. The summed E-state index contributed by atoms with van der Waals surface area (Å²) in [5.41, 5.74) is 4.39. The summed E-state index contributed by atoms with van der Waals surface area (Å²) in [7, 11) is 0. The summed E-state index contributed by atoms with van der Waals surface area (Å²) in [5, 5.41) is 24.1. The summed E-state index contributed by atoms with van der Waals surface area (Å²) in [5.74, 6) is -1.60. The number of carboxylic acids is 1. The van der Waals surface area contributed by atoms with Crippen LogP contribution in [0, 0.1) is 0 Å². The fourth-order valence-corrected chi connectivity index (χ4v) is 4.84. The van der Waals surface area contributed by atoms with Crippen LogP contribution in [0.1, 0.15) is 55.6 Å². The molecule has 4 rings (SSSR count). The van der Waals surface area contributed by atoms with Crippen LogP contribution < -0.4 is 10.6 Å². The van der Waals surface area contributed by atoms with Gasteiger partial charge < -0.3 is 25.6 Å². The largest absolute Gasteiger partial charge is 0.481 e. The third-order valence-electron chi connectivity index (χ3n) is 6.64. The molecule has 2 aromatic rings. The molecule has 2 aliphatic rings. The highest BCUT2D eigenvalue weighted by molar-refractivity contribution is 5.86. The van der Waals surface area contributed by atoms with Crippen molar-refractivity contribution in [3.05, 3.63) is 59.7 Å². The Labute approximate surface area is 198 Å². The summed E-state index contributed by atoms with van der Waals surface area (Å²) in [6.07, 6.45) is 1.08. The summed E-state index contributed by atoms with van der Waals surface area (Å²) in [6.45, 7) is 0.105. The highest BCUT2D eigenvalue weighted by Crippen LogP contribution is 2.44. The predicted molar refractivity (Wildman–Crippen MR) is 125 cm³/mol. The zero-order valence-corrected chi connectivity index (χ0v) is 18.9. The van der Waals surface area contributed by atoms with Crippen molar-refractivity contribution in [2.45, 2.75) is 62.6 Å². The molecular formula is C26H30N2O6. The molecule has 0 aliphatic heterocycles. The van der Waals surface area contributed by atoms with Crippen LogP contribution in [-0.2, 0) is 14.3 Å². The first-order chi connectivity index (χ1) is 16.4. The third-order valence-corrected chi connectivity index (χ3v) is 6.64.